The molecular formula is C55H104NO8+. The molecule has 2 atom stereocenters. The van der Waals surface area contributed by atoms with Crippen LogP contribution in [0.25, 0.3) is 0 Å². The third-order valence-corrected chi connectivity index (χ3v) is 11.9. The highest BCUT2D eigenvalue weighted by atomic mass is 16.7. The third kappa shape index (κ3) is 47.7. The van der Waals surface area contributed by atoms with Gasteiger partial charge in [0.2, 0.25) is 0 Å². The Balaban J connectivity index is 4.28. The van der Waals surface area contributed by atoms with Crippen LogP contribution in [-0.4, -0.2) is 87.4 Å². The number of carboxylic acid groups (broad SMARTS) is 1. The largest absolute Gasteiger partial charge is 0.477 e. The molecule has 9 nitrogen and oxygen atoms in total. The molecule has 0 aliphatic rings. The summed E-state index contributed by atoms with van der Waals surface area (Å²) in [5.41, 5.74) is 0. The van der Waals surface area contributed by atoms with Gasteiger partial charge >= 0.3 is 17.9 Å². The van der Waals surface area contributed by atoms with Gasteiger partial charge in [0, 0.05) is 12.8 Å². The Morgan fingerprint density at radius 3 is 1.16 bits per heavy atom. The fraction of sp³-hybridized carbons (Fsp3) is 0.873. The molecule has 0 aliphatic carbocycles. The lowest BCUT2D eigenvalue weighted by molar-refractivity contribution is -0.870. The molecule has 0 aromatic carbocycles. The van der Waals surface area contributed by atoms with Crippen molar-refractivity contribution >= 4 is 17.9 Å². The van der Waals surface area contributed by atoms with Crippen LogP contribution >= 0.6 is 0 Å². The maximum Gasteiger partial charge on any atom is 0.361 e. The smallest absolute Gasteiger partial charge is 0.361 e. The molecule has 0 spiro atoms. The number of aliphatic carboxylic acids is 1. The first kappa shape index (κ1) is 61.8. The van der Waals surface area contributed by atoms with E-state index in [1.165, 1.54) is 173 Å². The molecule has 376 valence electrons. The van der Waals surface area contributed by atoms with Gasteiger partial charge in [-0.3, -0.25) is 9.59 Å². The average Bonchev–Trinajstić information content (AvgIpc) is 3.26. The molecule has 0 rings (SSSR count). The highest BCUT2D eigenvalue weighted by Gasteiger charge is 2.25. The predicted molar refractivity (Wildman–Crippen MR) is 268 cm³/mol. The van der Waals surface area contributed by atoms with E-state index >= 15 is 0 Å². The second-order valence-electron chi connectivity index (χ2n) is 19.5. The van der Waals surface area contributed by atoms with Gasteiger partial charge in [0.05, 0.1) is 34.4 Å². The topological polar surface area (TPSA) is 108 Å². The quantitative estimate of drug-likeness (QED) is 0.0211. The summed E-state index contributed by atoms with van der Waals surface area (Å²) in [5, 5.41) is 9.68. The van der Waals surface area contributed by atoms with Crippen LogP contribution in [0.2, 0.25) is 0 Å². The number of quaternary nitrogens is 1. The normalized spacial score (nSPS) is 13.0. The Morgan fingerprint density at radius 2 is 0.797 bits per heavy atom. The van der Waals surface area contributed by atoms with E-state index < -0.39 is 24.3 Å². The minimum Gasteiger partial charge on any atom is -0.477 e. The minimum atomic E-state index is -1.51. The van der Waals surface area contributed by atoms with Crippen molar-refractivity contribution in [2.24, 2.45) is 0 Å². The van der Waals surface area contributed by atoms with Gasteiger partial charge in [-0.25, -0.2) is 4.79 Å². The van der Waals surface area contributed by atoms with Gasteiger partial charge in [0.1, 0.15) is 13.2 Å². The van der Waals surface area contributed by atoms with Crippen LogP contribution in [0.15, 0.2) is 24.3 Å². The molecule has 0 fully saturated rings. The van der Waals surface area contributed by atoms with Crippen molar-refractivity contribution in [1.29, 1.82) is 0 Å². The molecule has 0 saturated heterocycles. The monoisotopic (exact) mass is 907 g/mol. The molecule has 9 heteroatoms. The van der Waals surface area contributed by atoms with Crippen molar-refractivity contribution in [1.82, 2.24) is 0 Å². The number of allylic oxidation sites excluding steroid dienone is 4. The van der Waals surface area contributed by atoms with Gasteiger partial charge in [-0.1, -0.05) is 199 Å². The fourth-order valence-electron chi connectivity index (χ4n) is 7.71. The summed E-state index contributed by atoms with van der Waals surface area (Å²) < 4.78 is 22.8. The van der Waals surface area contributed by atoms with Crippen LogP contribution in [0.1, 0.15) is 251 Å². The Labute approximate surface area is 395 Å². The molecule has 0 aromatic heterocycles. The van der Waals surface area contributed by atoms with Crippen LogP contribution in [0, 0.1) is 0 Å². The Hall–Kier alpha value is -2.23. The second-order valence-corrected chi connectivity index (χ2v) is 19.5. The van der Waals surface area contributed by atoms with E-state index in [1.807, 2.05) is 21.1 Å². The number of nitrogens with zero attached hydrogens (tertiary/aromatic N) is 1. The van der Waals surface area contributed by atoms with E-state index in [0.717, 1.165) is 51.4 Å². The van der Waals surface area contributed by atoms with E-state index in [2.05, 4.69) is 38.2 Å². The van der Waals surface area contributed by atoms with Crippen molar-refractivity contribution in [3.63, 3.8) is 0 Å². The summed E-state index contributed by atoms with van der Waals surface area (Å²) in [6, 6.07) is 0. The molecule has 1 N–H and O–H groups in total. The summed E-state index contributed by atoms with van der Waals surface area (Å²) in [5.74, 6) is -2.00. The van der Waals surface area contributed by atoms with E-state index in [4.69, 9.17) is 18.9 Å². The Bertz CT molecular complexity index is 1100. The highest BCUT2D eigenvalue weighted by Crippen LogP contribution is 2.16. The molecular weight excluding hydrogens is 803 g/mol. The van der Waals surface area contributed by atoms with Gasteiger partial charge < -0.3 is 28.5 Å². The van der Waals surface area contributed by atoms with E-state index in [0.29, 0.717) is 17.4 Å². The maximum absolute atomic E-state index is 12.8. The van der Waals surface area contributed by atoms with Gasteiger partial charge in [-0.2, -0.15) is 0 Å². The highest BCUT2D eigenvalue weighted by molar-refractivity contribution is 5.71. The lowest BCUT2D eigenvalue weighted by Gasteiger charge is -2.25. The minimum absolute atomic E-state index is 0.183. The molecule has 64 heavy (non-hydrogen) atoms. The number of carboxylic acids is 1. The van der Waals surface area contributed by atoms with Crippen molar-refractivity contribution in [2.75, 3.05) is 47.5 Å². The molecule has 0 saturated carbocycles. The first-order valence-corrected chi connectivity index (χ1v) is 27.0. The third-order valence-electron chi connectivity index (χ3n) is 11.9. The molecule has 0 radical (unpaired) electrons. The lowest BCUT2D eigenvalue weighted by atomic mass is 10.0. The number of carbonyl (C=O) groups excluding carboxylic acids is 2. The van der Waals surface area contributed by atoms with Crippen molar-refractivity contribution in [3.05, 3.63) is 24.3 Å². The van der Waals surface area contributed by atoms with Gasteiger partial charge in [-0.05, 0) is 64.2 Å². The number of hydrogen-bond acceptors (Lipinski definition) is 7. The number of likely N-dealkylation sites (N-methyl/N-ethyl adjacent to an activating group) is 1. The first-order chi connectivity index (χ1) is 31.1. The van der Waals surface area contributed by atoms with Crippen LogP contribution in [-0.2, 0) is 33.3 Å². The van der Waals surface area contributed by atoms with E-state index in [-0.39, 0.29) is 32.2 Å². The molecule has 0 bridgehead atoms. The zero-order chi connectivity index (χ0) is 47.0. The maximum atomic E-state index is 12.8. The number of unbranched alkanes of at least 4 members (excludes halogenated alkanes) is 31. The molecule has 0 aliphatic heterocycles. The number of hydrogen-bond donors (Lipinski definition) is 1. The lowest BCUT2D eigenvalue weighted by Crippen LogP contribution is -2.40. The SMILES string of the molecule is CCCCCCCCC/C=C\CCCCCCCC(=O)OCC(COC(OCC[N+](C)(C)C)C(=O)O)OC(=O)CCCCCCCCCCCCC/C=C\CCCCCCCCCC. The number of ether oxygens (including phenoxy) is 4. The predicted octanol–water partition coefficient (Wildman–Crippen LogP) is 15.2. The van der Waals surface area contributed by atoms with Crippen LogP contribution in [0.4, 0.5) is 0 Å². The number of esters is 2. The summed E-state index contributed by atoms with van der Waals surface area (Å²) >= 11 is 0. The van der Waals surface area contributed by atoms with Crippen LogP contribution in [0.5, 0.6) is 0 Å². The first-order valence-electron chi connectivity index (χ1n) is 27.0. The fourth-order valence-corrected chi connectivity index (χ4v) is 7.71. The Morgan fingerprint density at radius 1 is 0.453 bits per heavy atom. The number of rotatable bonds is 50. The number of carbonyl (C=O) groups is 3. The van der Waals surface area contributed by atoms with Crippen LogP contribution in [0.3, 0.4) is 0 Å². The zero-order valence-corrected chi connectivity index (χ0v) is 42.7. The molecule has 2 unspecified atom stereocenters. The second kappa shape index (κ2) is 47.3. The van der Waals surface area contributed by atoms with Gasteiger partial charge in [0.25, 0.3) is 6.29 Å². The van der Waals surface area contributed by atoms with E-state index in [9.17, 15) is 19.5 Å². The van der Waals surface area contributed by atoms with Crippen molar-refractivity contribution < 1.29 is 42.9 Å². The summed E-state index contributed by atoms with van der Waals surface area (Å²) in [4.78, 5) is 37.3. The van der Waals surface area contributed by atoms with Gasteiger partial charge in [-0.15, -0.1) is 0 Å². The summed E-state index contributed by atoms with van der Waals surface area (Å²) in [7, 11) is 5.97. The standard InChI is InChI=1S/C55H103NO8/c1-6-8-10-12-14-16-18-20-22-24-25-26-27-28-29-30-32-34-36-38-40-42-44-46-53(58)64-51(50-63-55(54(59)60)61-48-47-56(3,4)5)49-62-52(57)45-43-41-39-37-35-33-31-23-21-19-17-15-13-11-9-7-2/h23-25,31,51,55H,6-22,26-30,32-50H2,1-5H3/p+1/b25-24-,31-23-. The van der Waals surface area contributed by atoms with Gasteiger partial charge in [0.15, 0.2) is 6.10 Å². The molecule has 0 aromatic rings. The van der Waals surface area contributed by atoms with Crippen molar-refractivity contribution in [2.45, 2.75) is 264 Å². The van der Waals surface area contributed by atoms with Crippen molar-refractivity contribution in [3.8, 4) is 0 Å². The summed E-state index contributed by atoms with van der Waals surface area (Å²) in [6.07, 6.45) is 51.0. The average molecular weight is 907 g/mol. The molecule has 0 amide bonds. The Kier molecular flexibility index (Phi) is 45.6. The molecule has 0 heterocycles. The van der Waals surface area contributed by atoms with Crippen LogP contribution < -0.4 is 0 Å². The van der Waals surface area contributed by atoms with E-state index in [1.54, 1.807) is 0 Å². The zero-order valence-electron chi connectivity index (χ0n) is 42.7. The summed E-state index contributed by atoms with van der Waals surface area (Å²) in [6.45, 7) is 4.89.